The van der Waals surface area contributed by atoms with Gasteiger partial charge in [-0.25, -0.2) is 0 Å². The van der Waals surface area contributed by atoms with Crippen molar-refractivity contribution in [3.8, 4) is 0 Å². The lowest BCUT2D eigenvalue weighted by Gasteiger charge is -2.18. The van der Waals surface area contributed by atoms with Crippen LogP contribution >= 0.6 is 15.9 Å². The Bertz CT molecular complexity index is 373. The van der Waals surface area contributed by atoms with Crippen molar-refractivity contribution in [3.63, 3.8) is 0 Å². The van der Waals surface area contributed by atoms with Gasteiger partial charge in [-0.15, -0.1) is 0 Å². The highest BCUT2D eigenvalue weighted by Crippen LogP contribution is 2.48. The number of carbonyl (C=O) groups is 1. The largest absolute Gasteiger partial charge is 0.352 e. The molecule has 1 aliphatic carbocycles. The first-order valence-electron chi connectivity index (χ1n) is 5.61. The standard InChI is InChI=1S/C13H16BrNO/c1-10(9-14)15-12(16)13(7-8-13)11-5-3-2-4-6-11/h2-6,10H,7-9H2,1H3,(H,15,16). The molecule has 3 heteroatoms. The molecule has 0 aliphatic heterocycles. The van der Waals surface area contributed by atoms with Crippen LogP contribution in [0.4, 0.5) is 0 Å². The van der Waals surface area contributed by atoms with E-state index >= 15 is 0 Å². The van der Waals surface area contributed by atoms with Crippen molar-refractivity contribution in [1.29, 1.82) is 0 Å². The van der Waals surface area contributed by atoms with Crippen LogP contribution in [-0.2, 0) is 10.2 Å². The first-order valence-corrected chi connectivity index (χ1v) is 6.73. The molecule has 2 nitrogen and oxygen atoms in total. The average Bonchev–Trinajstić information content (AvgIpc) is 3.11. The van der Waals surface area contributed by atoms with Crippen molar-refractivity contribution in [2.45, 2.75) is 31.2 Å². The number of amides is 1. The third kappa shape index (κ3) is 2.14. The van der Waals surface area contributed by atoms with Gasteiger partial charge in [0.1, 0.15) is 0 Å². The second-order valence-electron chi connectivity index (χ2n) is 4.48. The summed E-state index contributed by atoms with van der Waals surface area (Å²) in [5.41, 5.74) is 0.909. The minimum absolute atomic E-state index is 0.172. The van der Waals surface area contributed by atoms with E-state index in [1.165, 1.54) is 0 Å². The van der Waals surface area contributed by atoms with Crippen LogP contribution in [-0.4, -0.2) is 17.3 Å². The Labute approximate surface area is 105 Å². The Hall–Kier alpha value is -0.830. The molecule has 86 valence electrons. The van der Waals surface area contributed by atoms with Crippen molar-refractivity contribution >= 4 is 21.8 Å². The summed E-state index contributed by atoms with van der Waals surface area (Å²) in [5.74, 6) is 0.172. The third-order valence-electron chi connectivity index (χ3n) is 3.12. The number of hydrogen-bond acceptors (Lipinski definition) is 1. The van der Waals surface area contributed by atoms with Crippen molar-refractivity contribution < 1.29 is 4.79 Å². The summed E-state index contributed by atoms with van der Waals surface area (Å²) in [6.45, 7) is 2.01. The van der Waals surface area contributed by atoms with Gasteiger partial charge in [-0.3, -0.25) is 4.79 Å². The molecule has 0 radical (unpaired) electrons. The first-order chi connectivity index (χ1) is 7.69. The molecule has 1 aliphatic rings. The van der Waals surface area contributed by atoms with Gasteiger partial charge in [0.25, 0.3) is 0 Å². The van der Waals surface area contributed by atoms with Crippen LogP contribution < -0.4 is 5.32 Å². The third-order valence-corrected chi connectivity index (χ3v) is 4.09. The highest BCUT2D eigenvalue weighted by Gasteiger charge is 2.51. The smallest absolute Gasteiger partial charge is 0.230 e. The number of carbonyl (C=O) groups excluding carboxylic acids is 1. The number of benzene rings is 1. The van der Waals surface area contributed by atoms with Crippen molar-refractivity contribution in [2.75, 3.05) is 5.33 Å². The normalized spacial score (nSPS) is 18.9. The fourth-order valence-electron chi connectivity index (χ4n) is 1.93. The molecule has 1 unspecified atom stereocenters. The number of alkyl halides is 1. The lowest BCUT2D eigenvalue weighted by Crippen LogP contribution is -2.40. The molecular weight excluding hydrogens is 266 g/mol. The first kappa shape index (κ1) is 11.6. The Morgan fingerprint density at radius 1 is 1.44 bits per heavy atom. The van der Waals surface area contributed by atoms with E-state index in [0.29, 0.717) is 0 Å². The zero-order chi connectivity index (χ0) is 11.6. The molecular formula is C13H16BrNO. The fraction of sp³-hybridized carbons (Fsp3) is 0.462. The molecule has 1 amide bonds. The highest BCUT2D eigenvalue weighted by molar-refractivity contribution is 9.09. The van der Waals surface area contributed by atoms with E-state index in [2.05, 4.69) is 21.2 Å². The van der Waals surface area contributed by atoms with Crippen LogP contribution in [0.5, 0.6) is 0 Å². The molecule has 1 aromatic carbocycles. The van der Waals surface area contributed by atoms with Gasteiger partial charge in [0, 0.05) is 11.4 Å². The number of halogens is 1. The molecule has 0 bridgehead atoms. The SMILES string of the molecule is CC(CBr)NC(=O)C1(c2ccccc2)CC1. The maximum absolute atomic E-state index is 12.2. The van der Waals surface area contributed by atoms with E-state index in [-0.39, 0.29) is 17.4 Å². The number of rotatable bonds is 4. The molecule has 1 aromatic rings. The van der Waals surface area contributed by atoms with Crippen LogP contribution in [0, 0.1) is 0 Å². The molecule has 1 fully saturated rings. The minimum atomic E-state index is -0.238. The molecule has 1 atom stereocenters. The molecule has 0 spiro atoms. The number of nitrogens with one attached hydrogen (secondary N) is 1. The summed E-state index contributed by atoms with van der Waals surface area (Å²) < 4.78 is 0. The van der Waals surface area contributed by atoms with Gasteiger partial charge in [0.2, 0.25) is 5.91 Å². The quantitative estimate of drug-likeness (QED) is 0.845. The Balaban J connectivity index is 2.12. The van der Waals surface area contributed by atoms with Gasteiger partial charge < -0.3 is 5.32 Å². The van der Waals surface area contributed by atoms with Crippen molar-refractivity contribution in [1.82, 2.24) is 5.32 Å². The van der Waals surface area contributed by atoms with Crippen molar-refractivity contribution in [3.05, 3.63) is 35.9 Å². The van der Waals surface area contributed by atoms with E-state index in [1.807, 2.05) is 37.3 Å². The monoisotopic (exact) mass is 281 g/mol. The zero-order valence-electron chi connectivity index (χ0n) is 9.37. The topological polar surface area (TPSA) is 29.1 Å². The molecule has 2 rings (SSSR count). The lowest BCUT2D eigenvalue weighted by atomic mass is 9.95. The van der Waals surface area contributed by atoms with Gasteiger partial charge in [0.15, 0.2) is 0 Å². The van der Waals surface area contributed by atoms with Gasteiger partial charge in [-0.05, 0) is 25.3 Å². The lowest BCUT2D eigenvalue weighted by molar-refractivity contribution is -0.124. The summed E-state index contributed by atoms with van der Waals surface area (Å²) in [6, 6.07) is 10.3. The predicted octanol–water partition coefficient (Wildman–Crippen LogP) is 2.62. The van der Waals surface area contributed by atoms with Crippen LogP contribution in [0.2, 0.25) is 0 Å². The molecule has 0 aromatic heterocycles. The second kappa shape index (κ2) is 4.58. The second-order valence-corrected chi connectivity index (χ2v) is 5.12. The van der Waals surface area contributed by atoms with Crippen LogP contribution in [0.1, 0.15) is 25.3 Å². The fourth-order valence-corrected chi connectivity index (χ4v) is 2.09. The maximum atomic E-state index is 12.2. The summed E-state index contributed by atoms with van der Waals surface area (Å²) in [5, 5.41) is 3.84. The predicted molar refractivity (Wildman–Crippen MR) is 68.8 cm³/mol. The summed E-state index contributed by atoms with van der Waals surface area (Å²) >= 11 is 3.37. The van der Waals surface area contributed by atoms with Crippen molar-refractivity contribution in [2.24, 2.45) is 0 Å². The van der Waals surface area contributed by atoms with Gasteiger partial charge in [0.05, 0.1) is 5.41 Å². The highest BCUT2D eigenvalue weighted by atomic mass is 79.9. The van der Waals surface area contributed by atoms with E-state index < -0.39 is 0 Å². The summed E-state index contributed by atoms with van der Waals surface area (Å²) in [4.78, 5) is 12.2. The van der Waals surface area contributed by atoms with E-state index in [1.54, 1.807) is 0 Å². The van der Waals surface area contributed by atoms with E-state index in [0.717, 1.165) is 23.7 Å². The van der Waals surface area contributed by atoms with Gasteiger partial charge in [-0.2, -0.15) is 0 Å². The Kier molecular flexibility index (Phi) is 3.33. The molecule has 0 heterocycles. The van der Waals surface area contributed by atoms with Crippen LogP contribution in [0.25, 0.3) is 0 Å². The summed E-state index contributed by atoms with van der Waals surface area (Å²) in [6.07, 6.45) is 1.94. The molecule has 1 saturated carbocycles. The Morgan fingerprint density at radius 2 is 2.06 bits per heavy atom. The van der Waals surface area contributed by atoms with Gasteiger partial charge in [-0.1, -0.05) is 46.3 Å². The average molecular weight is 282 g/mol. The zero-order valence-corrected chi connectivity index (χ0v) is 11.0. The summed E-state index contributed by atoms with van der Waals surface area (Å²) in [7, 11) is 0. The number of hydrogen-bond donors (Lipinski definition) is 1. The van der Waals surface area contributed by atoms with Crippen LogP contribution in [0.15, 0.2) is 30.3 Å². The Morgan fingerprint density at radius 3 is 2.56 bits per heavy atom. The maximum Gasteiger partial charge on any atom is 0.230 e. The minimum Gasteiger partial charge on any atom is -0.352 e. The molecule has 16 heavy (non-hydrogen) atoms. The molecule has 1 N–H and O–H groups in total. The van der Waals surface area contributed by atoms with Crippen LogP contribution in [0.3, 0.4) is 0 Å². The van der Waals surface area contributed by atoms with E-state index in [4.69, 9.17) is 0 Å². The van der Waals surface area contributed by atoms with E-state index in [9.17, 15) is 4.79 Å². The molecule has 0 saturated heterocycles. The van der Waals surface area contributed by atoms with Gasteiger partial charge >= 0.3 is 0 Å².